The maximum Gasteiger partial charge on any atom is 0.124 e. The Hall–Kier alpha value is -1.06. The SMILES string of the molecule is CCCCNC(CC)C(O)c1cc(C)ccc1OC. The van der Waals surface area contributed by atoms with Crippen molar-refractivity contribution in [1.29, 1.82) is 0 Å². The van der Waals surface area contributed by atoms with Gasteiger partial charge in [-0.3, -0.25) is 0 Å². The predicted octanol–water partition coefficient (Wildman–Crippen LogP) is 3.21. The molecule has 1 rings (SSSR count). The zero-order chi connectivity index (χ0) is 14.3. The summed E-state index contributed by atoms with van der Waals surface area (Å²) in [5.74, 6) is 0.758. The molecular formula is C16H27NO2. The summed E-state index contributed by atoms with van der Waals surface area (Å²) in [6, 6.07) is 6.00. The van der Waals surface area contributed by atoms with Crippen LogP contribution in [0.5, 0.6) is 5.75 Å². The highest BCUT2D eigenvalue weighted by atomic mass is 16.5. The summed E-state index contributed by atoms with van der Waals surface area (Å²) >= 11 is 0. The van der Waals surface area contributed by atoms with Gasteiger partial charge in [-0.05, 0) is 38.4 Å². The molecule has 0 amide bonds. The number of nitrogens with one attached hydrogen (secondary N) is 1. The minimum absolute atomic E-state index is 0.0715. The van der Waals surface area contributed by atoms with Crippen molar-refractivity contribution >= 4 is 0 Å². The Morgan fingerprint density at radius 1 is 1.32 bits per heavy atom. The quantitative estimate of drug-likeness (QED) is 0.709. The number of hydrogen-bond donors (Lipinski definition) is 2. The normalized spacial score (nSPS) is 14.2. The van der Waals surface area contributed by atoms with Crippen LogP contribution < -0.4 is 10.1 Å². The minimum Gasteiger partial charge on any atom is -0.496 e. The standard InChI is InChI=1S/C16H27NO2/c1-5-7-10-17-14(6-2)16(18)13-11-12(3)8-9-15(13)19-4/h8-9,11,14,16-18H,5-7,10H2,1-4H3. The van der Waals surface area contributed by atoms with E-state index < -0.39 is 6.10 Å². The Kier molecular flexibility index (Phi) is 6.89. The lowest BCUT2D eigenvalue weighted by molar-refractivity contribution is 0.123. The van der Waals surface area contributed by atoms with Crippen LogP contribution >= 0.6 is 0 Å². The highest BCUT2D eigenvalue weighted by molar-refractivity contribution is 5.39. The van der Waals surface area contributed by atoms with Crippen molar-refractivity contribution in [3.8, 4) is 5.75 Å². The second-order valence-corrected chi connectivity index (χ2v) is 5.01. The van der Waals surface area contributed by atoms with Crippen molar-refractivity contribution in [1.82, 2.24) is 5.32 Å². The van der Waals surface area contributed by atoms with E-state index >= 15 is 0 Å². The average Bonchev–Trinajstić information content (AvgIpc) is 2.43. The molecule has 0 fully saturated rings. The van der Waals surface area contributed by atoms with Crippen molar-refractivity contribution in [2.24, 2.45) is 0 Å². The van der Waals surface area contributed by atoms with E-state index in [-0.39, 0.29) is 6.04 Å². The van der Waals surface area contributed by atoms with E-state index in [0.717, 1.165) is 42.7 Å². The minimum atomic E-state index is -0.531. The largest absolute Gasteiger partial charge is 0.496 e. The zero-order valence-electron chi connectivity index (χ0n) is 12.6. The van der Waals surface area contributed by atoms with Gasteiger partial charge in [0.25, 0.3) is 0 Å². The number of aliphatic hydroxyl groups is 1. The van der Waals surface area contributed by atoms with E-state index in [0.29, 0.717) is 0 Å². The Morgan fingerprint density at radius 2 is 2.05 bits per heavy atom. The maximum atomic E-state index is 10.6. The molecule has 0 radical (unpaired) electrons. The lowest BCUT2D eigenvalue weighted by atomic mass is 9.97. The molecular weight excluding hydrogens is 238 g/mol. The van der Waals surface area contributed by atoms with Crippen LogP contribution in [0.2, 0.25) is 0 Å². The molecule has 2 unspecified atom stereocenters. The molecule has 0 aliphatic carbocycles. The molecule has 1 aromatic rings. The number of benzene rings is 1. The molecule has 0 aliphatic heterocycles. The number of rotatable bonds is 8. The van der Waals surface area contributed by atoms with E-state index in [1.807, 2.05) is 25.1 Å². The monoisotopic (exact) mass is 265 g/mol. The predicted molar refractivity (Wildman–Crippen MR) is 79.7 cm³/mol. The topological polar surface area (TPSA) is 41.5 Å². The van der Waals surface area contributed by atoms with E-state index in [2.05, 4.69) is 19.2 Å². The third kappa shape index (κ3) is 4.51. The molecule has 108 valence electrons. The fourth-order valence-electron chi connectivity index (χ4n) is 2.25. The number of hydrogen-bond acceptors (Lipinski definition) is 3. The van der Waals surface area contributed by atoms with E-state index in [4.69, 9.17) is 4.74 Å². The van der Waals surface area contributed by atoms with Gasteiger partial charge in [-0.25, -0.2) is 0 Å². The highest BCUT2D eigenvalue weighted by Gasteiger charge is 2.21. The molecule has 3 heteroatoms. The fraction of sp³-hybridized carbons (Fsp3) is 0.625. The van der Waals surface area contributed by atoms with Crippen LogP contribution in [-0.4, -0.2) is 24.8 Å². The second-order valence-electron chi connectivity index (χ2n) is 5.01. The van der Waals surface area contributed by atoms with Gasteiger partial charge in [-0.1, -0.05) is 31.9 Å². The molecule has 0 saturated heterocycles. The number of aryl methyl sites for hydroxylation is 1. The van der Waals surface area contributed by atoms with Crippen molar-refractivity contribution in [3.63, 3.8) is 0 Å². The Bertz CT molecular complexity index is 379. The number of aliphatic hydroxyl groups excluding tert-OH is 1. The number of methoxy groups -OCH3 is 1. The molecule has 2 N–H and O–H groups in total. The van der Waals surface area contributed by atoms with Crippen LogP contribution in [0.1, 0.15) is 50.3 Å². The zero-order valence-corrected chi connectivity index (χ0v) is 12.6. The summed E-state index contributed by atoms with van der Waals surface area (Å²) in [7, 11) is 1.65. The smallest absolute Gasteiger partial charge is 0.124 e. The Balaban J connectivity index is 2.83. The van der Waals surface area contributed by atoms with Gasteiger partial charge in [0.1, 0.15) is 5.75 Å². The van der Waals surface area contributed by atoms with Gasteiger partial charge in [-0.2, -0.15) is 0 Å². The number of unbranched alkanes of at least 4 members (excludes halogenated alkanes) is 1. The first kappa shape index (κ1) is 16.0. The van der Waals surface area contributed by atoms with Crippen molar-refractivity contribution in [2.75, 3.05) is 13.7 Å². The molecule has 2 atom stereocenters. The van der Waals surface area contributed by atoms with Crippen LogP contribution in [0.4, 0.5) is 0 Å². The van der Waals surface area contributed by atoms with Gasteiger partial charge in [0.15, 0.2) is 0 Å². The molecule has 1 aromatic carbocycles. The number of ether oxygens (including phenoxy) is 1. The van der Waals surface area contributed by atoms with Crippen LogP contribution in [0, 0.1) is 6.92 Å². The van der Waals surface area contributed by atoms with Gasteiger partial charge in [-0.15, -0.1) is 0 Å². The summed E-state index contributed by atoms with van der Waals surface area (Å²) in [5.41, 5.74) is 2.01. The molecule has 19 heavy (non-hydrogen) atoms. The van der Waals surface area contributed by atoms with Crippen LogP contribution in [-0.2, 0) is 0 Å². The van der Waals surface area contributed by atoms with Gasteiger partial charge >= 0.3 is 0 Å². The summed E-state index contributed by atoms with van der Waals surface area (Å²) in [6.45, 7) is 7.24. The first-order valence-electron chi connectivity index (χ1n) is 7.20. The van der Waals surface area contributed by atoms with Gasteiger partial charge < -0.3 is 15.2 Å². The summed E-state index contributed by atoms with van der Waals surface area (Å²) in [6.07, 6.45) is 2.65. The summed E-state index contributed by atoms with van der Waals surface area (Å²) < 4.78 is 5.35. The van der Waals surface area contributed by atoms with Crippen molar-refractivity contribution < 1.29 is 9.84 Å². The second kappa shape index (κ2) is 8.18. The molecule has 0 aromatic heterocycles. The Morgan fingerprint density at radius 3 is 2.63 bits per heavy atom. The molecule has 0 saturated carbocycles. The molecule has 3 nitrogen and oxygen atoms in total. The first-order chi connectivity index (χ1) is 9.13. The van der Waals surface area contributed by atoms with Crippen molar-refractivity contribution in [3.05, 3.63) is 29.3 Å². The molecule has 0 spiro atoms. The molecule has 0 heterocycles. The van der Waals surface area contributed by atoms with E-state index in [9.17, 15) is 5.11 Å². The van der Waals surface area contributed by atoms with Crippen LogP contribution in [0.3, 0.4) is 0 Å². The van der Waals surface area contributed by atoms with Gasteiger partial charge in [0, 0.05) is 11.6 Å². The van der Waals surface area contributed by atoms with Gasteiger partial charge in [0.2, 0.25) is 0 Å². The van der Waals surface area contributed by atoms with Crippen LogP contribution in [0.25, 0.3) is 0 Å². The highest BCUT2D eigenvalue weighted by Crippen LogP contribution is 2.29. The van der Waals surface area contributed by atoms with E-state index in [1.54, 1.807) is 7.11 Å². The lowest BCUT2D eigenvalue weighted by Gasteiger charge is -2.25. The first-order valence-corrected chi connectivity index (χ1v) is 7.20. The lowest BCUT2D eigenvalue weighted by Crippen LogP contribution is -2.35. The Labute approximate surface area is 117 Å². The molecule has 0 aliphatic rings. The van der Waals surface area contributed by atoms with Gasteiger partial charge in [0.05, 0.1) is 13.2 Å². The van der Waals surface area contributed by atoms with E-state index in [1.165, 1.54) is 0 Å². The third-order valence-corrected chi connectivity index (χ3v) is 3.46. The average molecular weight is 265 g/mol. The molecule has 0 bridgehead atoms. The fourth-order valence-corrected chi connectivity index (χ4v) is 2.25. The summed E-state index contributed by atoms with van der Waals surface area (Å²) in [5, 5.41) is 14.0. The third-order valence-electron chi connectivity index (χ3n) is 3.46. The van der Waals surface area contributed by atoms with Crippen molar-refractivity contribution in [2.45, 2.75) is 52.2 Å². The summed E-state index contributed by atoms with van der Waals surface area (Å²) in [4.78, 5) is 0. The maximum absolute atomic E-state index is 10.6. The van der Waals surface area contributed by atoms with Crippen LogP contribution in [0.15, 0.2) is 18.2 Å².